The van der Waals surface area contributed by atoms with Gasteiger partial charge in [0.25, 0.3) is 5.69 Å². The summed E-state index contributed by atoms with van der Waals surface area (Å²) in [5.41, 5.74) is -0.291. The van der Waals surface area contributed by atoms with E-state index in [1.807, 2.05) is 4.57 Å². The lowest BCUT2D eigenvalue weighted by Crippen LogP contribution is -2.30. The van der Waals surface area contributed by atoms with Crippen LogP contribution in [0.3, 0.4) is 0 Å². The number of ether oxygens (including phenoxy) is 1. The summed E-state index contributed by atoms with van der Waals surface area (Å²) in [6, 6.07) is 3.60. The number of nitrogens with zero attached hydrogens (tertiary/aromatic N) is 5. The van der Waals surface area contributed by atoms with Crippen LogP contribution in [0.15, 0.2) is 33.1 Å². The average molecular weight is 497 g/mol. The standard InChI is InChI=1S/C20H28N6O5S2/c1-14(2)23-33(29,30)16-7-8-18(17(12-16)26(27)28)32-20-22-21-19(24-9-3-4-10-24)25(20)13-15-6-5-11-31-15/h7-8,12,14-15,23H,3-6,9-11,13H2,1-2H3/t15-/m1/s1. The molecule has 0 saturated carbocycles. The van der Waals surface area contributed by atoms with Crippen molar-refractivity contribution >= 4 is 33.4 Å². The largest absolute Gasteiger partial charge is 0.376 e. The van der Waals surface area contributed by atoms with Crippen LogP contribution in [-0.2, 0) is 21.3 Å². The maximum absolute atomic E-state index is 12.5. The molecular weight excluding hydrogens is 468 g/mol. The molecule has 1 atom stereocenters. The van der Waals surface area contributed by atoms with Gasteiger partial charge in [0.05, 0.1) is 27.4 Å². The minimum atomic E-state index is -3.86. The monoisotopic (exact) mass is 496 g/mol. The molecule has 1 aromatic carbocycles. The molecule has 33 heavy (non-hydrogen) atoms. The SMILES string of the molecule is CC(C)NS(=O)(=O)c1ccc(Sc2nnc(N3CCCC3)n2C[C@H]2CCCO2)c([N+](=O)[O-])c1. The van der Waals surface area contributed by atoms with E-state index < -0.39 is 14.9 Å². The highest BCUT2D eigenvalue weighted by molar-refractivity contribution is 7.99. The lowest BCUT2D eigenvalue weighted by Gasteiger charge is -2.20. The molecule has 2 saturated heterocycles. The summed E-state index contributed by atoms with van der Waals surface area (Å²) in [4.78, 5) is 13.6. The van der Waals surface area contributed by atoms with E-state index in [0.717, 1.165) is 69.2 Å². The molecule has 4 rings (SSSR count). The van der Waals surface area contributed by atoms with Crippen molar-refractivity contribution in [2.24, 2.45) is 0 Å². The number of aromatic nitrogens is 3. The zero-order valence-electron chi connectivity index (χ0n) is 18.6. The Bertz CT molecular complexity index is 1110. The molecule has 0 amide bonds. The van der Waals surface area contributed by atoms with Gasteiger partial charge in [-0.2, -0.15) is 0 Å². The number of nitrogens with one attached hydrogen (secondary N) is 1. The van der Waals surface area contributed by atoms with Crippen LogP contribution in [-0.4, -0.2) is 59.9 Å². The lowest BCUT2D eigenvalue weighted by molar-refractivity contribution is -0.388. The summed E-state index contributed by atoms with van der Waals surface area (Å²) in [5.74, 6) is 0.744. The number of anilines is 1. The van der Waals surface area contributed by atoms with Gasteiger partial charge in [-0.1, -0.05) is 0 Å². The first-order chi connectivity index (χ1) is 15.7. The number of sulfonamides is 1. The normalized spacial score (nSPS) is 19.0. The molecule has 3 heterocycles. The van der Waals surface area contributed by atoms with Crippen LogP contribution in [0.2, 0.25) is 0 Å². The van der Waals surface area contributed by atoms with Gasteiger partial charge < -0.3 is 9.64 Å². The summed E-state index contributed by atoms with van der Waals surface area (Å²) < 4.78 is 35.2. The minimum Gasteiger partial charge on any atom is -0.376 e. The van der Waals surface area contributed by atoms with Crippen LogP contribution in [0, 0.1) is 10.1 Å². The Kier molecular flexibility index (Phi) is 7.22. The third kappa shape index (κ3) is 5.48. The summed E-state index contributed by atoms with van der Waals surface area (Å²) in [6.45, 7) is 6.46. The molecule has 0 radical (unpaired) electrons. The average Bonchev–Trinajstić information content (AvgIpc) is 3.50. The van der Waals surface area contributed by atoms with Crippen LogP contribution in [0.4, 0.5) is 11.6 Å². The molecule has 2 fully saturated rings. The number of hydrogen-bond acceptors (Lipinski definition) is 9. The summed E-state index contributed by atoms with van der Waals surface area (Å²) in [7, 11) is -3.86. The van der Waals surface area contributed by atoms with Crippen molar-refractivity contribution in [3.8, 4) is 0 Å². The van der Waals surface area contributed by atoms with E-state index in [1.165, 1.54) is 12.1 Å². The van der Waals surface area contributed by atoms with E-state index in [0.29, 0.717) is 16.6 Å². The molecule has 0 unspecified atom stereocenters. The number of rotatable bonds is 9. The molecule has 2 aromatic rings. The maximum Gasteiger partial charge on any atom is 0.284 e. The Balaban J connectivity index is 1.67. The Morgan fingerprint density at radius 1 is 1.27 bits per heavy atom. The predicted molar refractivity (Wildman–Crippen MR) is 123 cm³/mol. The third-order valence-electron chi connectivity index (χ3n) is 5.53. The van der Waals surface area contributed by atoms with Crippen molar-refractivity contribution in [2.75, 3.05) is 24.6 Å². The number of hydrogen-bond donors (Lipinski definition) is 1. The van der Waals surface area contributed by atoms with Crippen LogP contribution >= 0.6 is 11.8 Å². The zero-order chi connectivity index (χ0) is 23.6. The topological polar surface area (TPSA) is 132 Å². The van der Waals surface area contributed by atoms with Crippen LogP contribution in [0.1, 0.15) is 39.5 Å². The molecule has 1 aromatic heterocycles. The quantitative estimate of drug-likeness (QED) is 0.411. The van der Waals surface area contributed by atoms with Gasteiger partial charge in [0, 0.05) is 31.8 Å². The van der Waals surface area contributed by atoms with E-state index in [9.17, 15) is 18.5 Å². The number of nitro groups is 1. The molecule has 0 aliphatic carbocycles. The smallest absolute Gasteiger partial charge is 0.284 e. The zero-order valence-corrected chi connectivity index (χ0v) is 20.3. The highest BCUT2D eigenvalue weighted by atomic mass is 32.2. The maximum atomic E-state index is 12.5. The fourth-order valence-corrected chi connectivity index (χ4v) is 6.22. The van der Waals surface area contributed by atoms with Gasteiger partial charge in [-0.25, -0.2) is 13.1 Å². The summed E-state index contributed by atoms with van der Waals surface area (Å²) in [6.07, 6.45) is 4.16. The molecule has 0 bridgehead atoms. The van der Waals surface area contributed by atoms with E-state index >= 15 is 0 Å². The van der Waals surface area contributed by atoms with E-state index in [1.54, 1.807) is 13.8 Å². The van der Waals surface area contributed by atoms with Crippen molar-refractivity contribution in [1.29, 1.82) is 0 Å². The van der Waals surface area contributed by atoms with Crippen molar-refractivity contribution in [1.82, 2.24) is 19.5 Å². The van der Waals surface area contributed by atoms with Crippen LogP contribution in [0.5, 0.6) is 0 Å². The van der Waals surface area contributed by atoms with E-state index in [2.05, 4.69) is 19.8 Å². The van der Waals surface area contributed by atoms with Gasteiger partial charge >= 0.3 is 0 Å². The van der Waals surface area contributed by atoms with Gasteiger partial charge in [-0.15, -0.1) is 10.2 Å². The molecule has 1 N–H and O–H groups in total. The van der Waals surface area contributed by atoms with Gasteiger partial charge in [-0.3, -0.25) is 14.7 Å². The van der Waals surface area contributed by atoms with E-state index in [4.69, 9.17) is 4.74 Å². The van der Waals surface area contributed by atoms with Gasteiger partial charge in [-0.05, 0) is 63.4 Å². The molecule has 2 aliphatic heterocycles. The molecule has 0 spiro atoms. The molecule has 11 nitrogen and oxygen atoms in total. The summed E-state index contributed by atoms with van der Waals surface area (Å²) in [5, 5.41) is 21.0. The van der Waals surface area contributed by atoms with Crippen molar-refractivity contribution < 1.29 is 18.1 Å². The Morgan fingerprint density at radius 3 is 2.67 bits per heavy atom. The van der Waals surface area contributed by atoms with Crippen molar-refractivity contribution in [3.05, 3.63) is 28.3 Å². The molecule has 13 heteroatoms. The Labute approximate surface area is 197 Å². The number of benzene rings is 1. The van der Waals surface area contributed by atoms with Gasteiger partial charge in [0.1, 0.15) is 0 Å². The first kappa shape index (κ1) is 23.9. The lowest BCUT2D eigenvalue weighted by atomic mass is 10.2. The van der Waals surface area contributed by atoms with E-state index in [-0.39, 0.29) is 22.7 Å². The Hall–Kier alpha value is -2.22. The highest BCUT2D eigenvalue weighted by Crippen LogP contribution is 2.37. The second-order valence-electron chi connectivity index (χ2n) is 8.49. The second-order valence-corrected chi connectivity index (χ2v) is 11.2. The first-order valence-electron chi connectivity index (χ1n) is 11.0. The molecule has 180 valence electrons. The second kappa shape index (κ2) is 9.95. The van der Waals surface area contributed by atoms with Crippen molar-refractivity contribution in [3.63, 3.8) is 0 Å². The van der Waals surface area contributed by atoms with Crippen molar-refractivity contribution in [2.45, 2.75) is 73.2 Å². The molecular formula is C20H28N6O5S2. The fourth-order valence-electron chi connectivity index (χ4n) is 4.03. The summed E-state index contributed by atoms with van der Waals surface area (Å²) >= 11 is 1.12. The minimum absolute atomic E-state index is 0.0475. The Morgan fingerprint density at radius 2 is 2.03 bits per heavy atom. The predicted octanol–water partition coefficient (Wildman–Crippen LogP) is 2.80. The number of nitro benzene ring substituents is 1. The third-order valence-corrected chi connectivity index (χ3v) is 8.23. The van der Waals surface area contributed by atoms with Gasteiger partial charge in [0.2, 0.25) is 16.0 Å². The fraction of sp³-hybridized carbons (Fsp3) is 0.600. The molecule has 2 aliphatic rings. The van der Waals surface area contributed by atoms with Gasteiger partial charge in [0.15, 0.2) is 5.16 Å². The van der Waals surface area contributed by atoms with Crippen LogP contribution in [0.25, 0.3) is 0 Å². The first-order valence-corrected chi connectivity index (χ1v) is 13.3. The van der Waals surface area contributed by atoms with Crippen LogP contribution < -0.4 is 9.62 Å². The highest BCUT2D eigenvalue weighted by Gasteiger charge is 2.28.